The van der Waals surface area contributed by atoms with E-state index in [1.54, 1.807) is 6.92 Å². The highest BCUT2D eigenvalue weighted by Crippen LogP contribution is 2.29. The van der Waals surface area contributed by atoms with Gasteiger partial charge in [0.2, 0.25) is 11.8 Å². The lowest BCUT2D eigenvalue weighted by atomic mass is 10.0. The van der Waals surface area contributed by atoms with Gasteiger partial charge < -0.3 is 15.5 Å². The van der Waals surface area contributed by atoms with Crippen LogP contribution in [0.3, 0.4) is 0 Å². The molecule has 0 saturated carbocycles. The minimum Gasteiger partial charge on any atom is -0.336 e. The molecule has 0 spiro atoms. The van der Waals surface area contributed by atoms with Gasteiger partial charge in [-0.25, -0.2) is 27.5 Å². The van der Waals surface area contributed by atoms with Crippen molar-refractivity contribution in [3.8, 4) is 0 Å². The van der Waals surface area contributed by atoms with Gasteiger partial charge in [0, 0.05) is 50.4 Å². The molecule has 166 valence electrons. The third-order valence-corrected chi connectivity index (χ3v) is 5.39. The topological polar surface area (TPSA) is 92.4 Å². The van der Waals surface area contributed by atoms with E-state index in [1.165, 1.54) is 4.90 Å². The lowest BCUT2D eigenvalue weighted by Crippen LogP contribution is -2.51. The van der Waals surface area contributed by atoms with Crippen molar-refractivity contribution in [2.24, 2.45) is 5.73 Å². The number of aromatic nitrogens is 2. The lowest BCUT2D eigenvalue weighted by molar-refractivity contribution is -0.148. The van der Waals surface area contributed by atoms with Gasteiger partial charge in [-0.2, -0.15) is 0 Å². The number of hydrogen-bond acceptors (Lipinski definition) is 5. The Morgan fingerprint density at radius 3 is 2.67 bits per heavy atom. The summed E-state index contributed by atoms with van der Waals surface area (Å²) < 4.78 is 53.8. The summed E-state index contributed by atoms with van der Waals surface area (Å²) >= 11 is 0. The molecule has 2 aliphatic rings. The van der Waals surface area contributed by atoms with Gasteiger partial charge in [0.25, 0.3) is 12.3 Å². The van der Waals surface area contributed by atoms with Gasteiger partial charge >= 0.3 is 0 Å². The summed E-state index contributed by atoms with van der Waals surface area (Å²) in [5.41, 5.74) is 6.44. The van der Waals surface area contributed by atoms with E-state index in [0.717, 1.165) is 4.90 Å². The van der Waals surface area contributed by atoms with Crippen LogP contribution in [-0.2, 0) is 29.0 Å². The van der Waals surface area contributed by atoms with E-state index in [2.05, 4.69) is 9.97 Å². The molecule has 2 N–H and O–H groups in total. The first kappa shape index (κ1) is 22.4. The Morgan fingerprint density at radius 2 is 2.00 bits per heavy atom. The fraction of sp³-hybridized carbons (Fsp3) is 0.684. The quantitative estimate of drug-likeness (QED) is 0.694. The number of fused-ring (bicyclic) bond motifs is 1. The molecule has 0 bridgehead atoms. The van der Waals surface area contributed by atoms with Crippen LogP contribution in [0.2, 0.25) is 0 Å². The Morgan fingerprint density at radius 1 is 1.27 bits per heavy atom. The number of aryl methyl sites for hydroxylation is 1. The number of rotatable bonds is 6. The summed E-state index contributed by atoms with van der Waals surface area (Å²) in [5, 5.41) is 0. The van der Waals surface area contributed by atoms with Gasteiger partial charge in [0.1, 0.15) is 11.5 Å². The van der Waals surface area contributed by atoms with E-state index < -0.39 is 37.3 Å². The van der Waals surface area contributed by atoms with Crippen LogP contribution >= 0.6 is 0 Å². The largest absolute Gasteiger partial charge is 0.336 e. The maximum atomic E-state index is 13.5. The first-order valence-electron chi connectivity index (χ1n) is 9.95. The Hall–Kier alpha value is -2.30. The zero-order valence-corrected chi connectivity index (χ0v) is 16.7. The predicted molar refractivity (Wildman–Crippen MR) is 98.8 cm³/mol. The van der Waals surface area contributed by atoms with Crippen LogP contribution in [0.5, 0.6) is 0 Å². The normalized spacial score (nSPS) is 19.8. The number of likely N-dealkylation sites (tertiary alicyclic amines) is 1. The molecule has 1 fully saturated rings. The molecule has 0 aliphatic carbocycles. The molecule has 0 radical (unpaired) electrons. The highest BCUT2D eigenvalue weighted by molar-refractivity contribution is 5.78. The number of piperidine rings is 1. The third-order valence-electron chi connectivity index (χ3n) is 5.39. The maximum absolute atomic E-state index is 13.5. The summed E-state index contributed by atoms with van der Waals surface area (Å²) in [7, 11) is 0. The first-order chi connectivity index (χ1) is 14.1. The van der Waals surface area contributed by atoms with Gasteiger partial charge in [0.15, 0.2) is 0 Å². The number of halogens is 4. The minimum atomic E-state index is -2.95. The van der Waals surface area contributed by atoms with Crippen LogP contribution in [0.1, 0.15) is 55.4 Å². The fourth-order valence-corrected chi connectivity index (χ4v) is 3.83. The number of hydrogen-bond donors (Lipinski definition) is 1. The second kappa shape index (κ2) is 8.83. The SMILES string of the molecule is CCc1nc2c(c(C(F)F)n1)CCN(C(=O)C[C@H](N)CN1CC(F)(F)CCC1=O)C2. The van der Waals surface area contributed by atoms with Gasteiger partial charge in [-0.05, 0) is 6.42 Å². The lowest BCUT2D eigenvalue weighted by Gasteiger charge is -2.34. The smallest absolute Gasteiger partial charge is 0.280 e. The Labute approximate surface area is 171 Å². The molecule has 30 heavy (non-hydrogen) atoms. The van der Waals surface area contributed by atoms with E-state index in [4.69, 9.17) is 5.73 Å². The van der Waals surface area contributed by atoms with Gasteiger partial charge in [0.05, 0.1) is 18.8 Å². The number of alkyl halides is 4. The van der Waals surface area contributed by atoms with Crippen LogP contribution in [-0.4, -0.2) is 63.2 Å². The standard InChI is InChI=1S/C19H25F4N5O2/c1-2-14-25-13-9-27(6-4-12(13)17(26-14)18(20)21)16(30)7-11(24)8-28-10-19(22,23)5-3-15(28)29/h11,18H,2-10,24H2,1H3/t11-/m0/s1. The van der Waals surface area contributed by atoms with Crippen LogP contribution in [0.15, 0.2) is 0 Å². The van der Waals surface area contributed by atoms with Crippen LogP contribution < -0.4 is 5.73 Å². The second-order valence-corrected chi connectivity index (χ2v) is 7.76. The molecule has 11 heteroatoms. The average Bonchev–Trinajstić information content (AvgIpc) is 2.68. The molecule has 7 nitrogen and oxygen atoms in total. The highest BCUT2D eigenvalue weighted by Gasteiger charge is 2.39. The molecule has 0 aromatic carbocycles. The van der Waals surface area contributed by atoms with Gasteiger partial charge in [-0.15, -0.1) is 0 Å². The summed E-state index contributed by atoms with van der Waals surface area (Å²) in [6, 6.07) is -0.801. The molecule has 1 saturated heterocycles. The minimum absolute atomic E-state index is 0.0663. The van der Waals surface area contributed by atoms with Crippen molar-refractivity contribution in [3.05, 3.63) is 22.8 Å². The molecular weight excluding hydrogens is 406 g/mol. The monoisotopic (exact) mass is 431 g/mol. The van der Waals surface area contributed by atoms with Crippen molar-refractivity contribution in [3.63, 3.8) is 0 Å². The summed E-state index contributed by atoms with van der Waals surface area (Å²) in [4.78, 5) is 35.2. The van der Waals surface area contributed by atoms with E-state index in [1.807, 2.05) is 0 Å². The third kappa shape index (κ3) is 5.05. The number of amides is 2. The zero-order valence-electron chi connectivity index (χ0n) is 16.7. The van der Waals surface area contributed by atoms with Crippen LogP contribution in [0.4, 0.5) is 17.6 Å². The van der Waals surface area contributed by atoms with Crippen molar-refractivity contribution < 1.29 is 27.2 Å². The molecule has 2 aliphatic heterocycles. The van der Waals surface area contributed by atoms with Gasteiger partial charge in [-0.1, -0.05) is 6.92 Å². The molecular formula is C19H25F4N5O2. The molecule has 1 aromatic heterocycles. The Kier molecular flexibility index (Phi) is 6.59. The van der Waals surface area contributed by atoms with Crippen LogP contribution in [0.25, 0.3) is 0 Å². The first-order valence-corrected chi connectivity index (χ1v) is 9.95. The maximum Gasteiger partial charge on any atom is 0.280 e. The van der Waals surface area contributed by atoms with Crippen molar-refractivity contribution in [1.82, 2.24) is 19.8 Å². The number of nitrogens with two attached hydrogens (primary N) is 1. The van der Waals surface area contributed by atoms with E-state index in [-0.39, 0.29) is 50.5 Å². The van der Waals surface area contributed by atoms with Crippen LogP contribution in [0, 0.1) is 0 Å². The van der Waals surface area contributed by atoms with Gasteiger partial charge in [-0.3, -0.25) is 9.59 Å². The number of carbonyl (C=O) groups is 2. The molecule has 1 atom stereocenters. The van der Waals surface area contributed by atoms with E-state index in [9.17, 15) is 27.2 Å². The molecule has 1 aromatic rings. The summed E-state index contributed by atoms with van der Waals surface area (Å²) in [6.45, 7) is 1.21. The Balaban J connectivity index is 1.63. The highest BCUT2D eigenvalue weighted by atomic mass is 19.3. The van der Waals surface area contributed by atoms with E-state index in [0.29, 0.717) is 23.5 Å². The summed E-state index contributed by atoms with van der Waals surface area (Å²) in [5.74, 6) is -3.40. The molecule has 0 unspecified atom stereocenters. The Bertz CT molecular complexity index is 820. The number of carbonyl (C=O) groups excluding carboxylic acids is 2. The molecule has 2 amide bonds. The molecule has 3 rings (SSSR count). The predicted octanol–water partition coefficient (Wildman–Crippen LogP) is 1.84. The van der Waals surface area contributed by atoms with Crippen molar-refractivity contribution in [2.75, 3.05) is 19.6 Å². The summed E-state index contributed by atoms with van der Waals surface area (Å²) in [6.07, 6.45) is -2.99. The van der Waals surface area contributed by atoms with E-state index >= 15 is 0 Å². The number of nitrogens with zero attached hydrogens (tertiary/aromatic N) is 4. The second-order valence-electron chi connectivity index (χ2n) is 7.76. The van der Waals surface area contributed by atoms with Crippen molar-refractivity contribution >= 4 is 11.8 Å². The average molecular weight is 431 g/mol. The fourth-order valence-electron chi connectivity index (χ4n) is 3.83. The van der Waals surface area contributed by atoms with Crippen molar-refractivity contribution in [2.45, 2.75) is 64.0 Å². The zero-order chi connectivity index (χ0) is 22.1. The van der Waals surface area contributed by atoms with Crippen molar-refractivity contribution in [1.29, 1.82) is 0 Å². The molecule has 3 heterocycles.